The molecule has 3 amide bonds. The Kier molecular flexibility index (Phi) is 8.16. The maximum Gasteiger partial charge on any atom is 0.321 e. The molecule has 1 unspecified atom stereocenters. The van der Waals surface area contributed by atoms with E-state index in [-0.39, 0.29) is 12.2 Å². The van der Waals surface area contributed by atoms with Gasteiger partial charge in [-0.2, -0.15) is 0 Å². The number of ether oxygens (including phenoxy) is 1. The number of nitro benzene ring substituents is 1. The van der Waals surface area contributed by atoms with Crippen molar-refractivity contribution in [3.05, 3.63) is 70.3 Å². The zero-order valence-electron chi connectivity index (χ0n) is 15.5. The fourth-order valence-electron chi connectivity index (χ4n) is 2.14. The van der Waals surface area contributed by atoms with Gasteiger partial charge in [-0.05, 0) is 24.6 Å². The van der Waals surface area contributed by atoms with Crippen LogP contribution in [0.1, 0.15) is 12.5 Å². The van der Waals surface area contributed by atoms with Crippen LogP contribution in [0.4, 0.5) is 10.5 Å². The molecule has 2 aromatic carbocycles. The molecule has 0 aliphatic heterocycles. The van der Waals surface area contributed by atoms with Crippen molar-refractivity contribution >= 4 is 35.4 Å². The third-order valence-electron chi connectivity index (χ3n) is 3.59. The van der Waals surface area contributed by atoms with E-state index >= 15 is 0 Å². The molecule has 2 aromatic rings. The van der Waals surface area contributed by atoms with Gasteiger partial charge in [0.15, 0.2) is 6.61 Å². The summed E-state index contributed by atoms with van der Waals surface area (Å²) in [7, 11) is 0. The van der Waals surface area contributed by atoms with Gasteiger partial charge in [0, 0.05) is 23.6 Å². The van der Waals surface area contributed by atoms with Crippen molar-refractivity contribution in [3.8, 4) is 0 Å². The Morgan fingerprint density at radius 1 is 1.10 bits per heavy atom. The molecule has 9 nitrogen and oxygen atoms in total. The summed E-state index contributed by atoms with van der Waals surface area (Å²) < 4.78 is 4.90. The van der Waals surface area contributed by atoms with Crippen molar-refractivity contribution < 1.29 is 24.0 Å². The number of thioether (sulfide) groups is 1. The molecule has 0 aliphatic carbocycles. The van der Waals surface area contributed by atoms with E-state index in [2.05, 4.69) is 10.6 Å². The smallest absolute Gasteiger partial charge is 0.321 e. The van der Waals surface area contributed by atoms with Crippen molar-refractivity contribution in [3.63, 3.8) is 0 Å². The van der Waals surface area contributed by atoms with Gasteiger partial charge < -0.3 is 10.1 Å². The Balaban J connectivity index is 1.70. The molecule has 0 aromatic heterocycles. The summed E-state index contributed by atoms with van der Waals surface area (Å²) >= 11 is 1.14. The number of nitrogens with one attached hydrogen (secondary N) is 2. The van der Waals surface area contributed by atoms with Crippen LogP contribution in [0.5, 0.6) is 0 Å². The molecule has 2 N–H and O–H groups in total. The van der Waals surface area contributed by atoms with Crippen LogP contribution in [0.25, 0.3) is 0 Å². The van der Waals surface area contributed by atoms with Gasteiger partial charge in [-0.15, -0.1) is 11.8 Å². The highest BCUT2D eigenvalue weighted by Gasteiger charge is 2.18. The van der Waals surface area contributed by atoms with E-state index < -0.39 is 34.7 Å². The molecule has 0 fully saturated rings. The van der Waals surface area contributed by atoms with Gasteiger partial charge in [0.2, 0.25) is 0 Å². The van der Waals surface area contributed by atoms with Gasteiger partial charge in [0.05, 0.1) is 4.92 Å². The molecule has 2 rings (SSSR count). The molecule has 0 bridgehead atoms. The van der Waals surface area contributed by atoms with Crippen LogP contribution >= 0.6 is 11.8 Å². The van der Waals surface area contributed by atoms with Gasteiger partial charge in [-0.1, -0.05) is 30.3 Å². The molecule has 0 saturated heterocycles. The third-order valence-corrected chi connectivity index (χ3v) is 4.68. The number of carbonyl (C=O) groups excluding carboxylic acids is 3. The van der Waals surface area contributed by atoms with Gasteiger partial charge in [-0.3, -0.25) is 25.0 Å². The SMILES string of the molecule is CC(Sc1ccc([N+](=O)[O-])cc1)C(=O)OCC(=O)NC(=O)NCc1ccccc1. The number of benzene rings is 2. The number of non-ortho nitro benzene ring substituents is 1. The Morgan fingerprint density at radius 3 is 2.38 bits per heavy atom. The van der Waals surface area contributed by atoms with Crippen LogP contribution in [0.2, 0.25) is 0 Å². The molecule has 1 atom stereocenters. The fraction of sp³-hybridized carbons (Fsp3) is 0.211. The number of esters is 1. The minimum absolute atomic E-state index is 0.0493. The Labute approximate surface area is 171 Å². The van der Waals surface area contributed by atoms with E-state index in [4.69, 9.17) is 4.74 Å². The molecule has 10 heteroatoms. The molecule has 0 saturated carbocycles. The van der Waals surface area contributed by atoms with Crippen LogP contribution in [0, 0.1) is 10.1 Å². The zero-order valence-corrected chi connectivity index (χ0v) is 16.3. The maximum absolute atomic E-state index is 12.0. The molecular formula is C19H19N3O6S. The number of carbonyl (C=O) groups is 3. The first kappa shape index (κ1) is 21.9. The fourth-order valence-corrected chi connectivity index (χ4v) is 3.00. The predicted molar refractivity (Wildman–Crippen MR) is 106 cm³/mol. The number of amides is 3. The number of imide groups is 1. The van der Waals surface area contributed by atoms with Gasteiger partial charge >= 0.3 is 12.0 Å². The van der Waals surface area contributed by atoms with Crippen molar-refractivity contribution in [1.82, 2.24) is 10.6 Å². The van der Waals surface area contributed by atoms with Crippen LogP contribution in [0.3, 0.4) is 0 Å². The first-order chi connectivity index (χ1) is 13.8. The lowest BCUT2D eigenvalue weighted by Crippen LogP contribution is -2.41. The summed E-state index contributed by atoms with van der Waals surface area (Å²) in [6, 6.07) is 14.2. The zero-order chi connectivity index (χ0) is 21.2. The van der Waals surface area contributed by atoms with Crippen molar-refractivity contribution in [1.29, 1.82) is 0 Å². The highest BCUT2D eigenvalue weighted by molar-refractivity contribution is 8.00. The summed E-state index contributed by atoms with van der Waals surface area (Å²) in [4.78, 5) is 46.2. The van der Waals surface area contributed by atoms with Crippen molar-refractivity contribution in [2.45, 2.75) is 23.6 Å². The first-order valence-electron chi connectivity index (χ1n) is 8.54. The van der Waals surface area contributed by atoms with Gasteiger partial charge in [0.25, 0.3) is 11.6 Å². The quantitative estimate of drug-likeness (QED) is 0.292. The summed E-state index contributed by atoms with van der Waals surface area (Å²) in [6.45, 7) is 1.24. The molecule has 29 heavy (non-hydrogen) atoms. The van der Waals surface area contributed by atoms with Crippen LogP contribution in [0.15, 0.2) is 59.5 Å². The van der Waals surface area contributed by atoms with E-state index in [1.807, 2.05) is 30.3 Å². The van der Waals surface area contributed by atoms with E-state index in [0.717, 1.165) is 17.3 Å². The lowest BCUT2D eigenvalue weighted by molar-refractivity contribution is -0.384. The number of urea groups is 1. The lowest BCUT2D eigenvalue weighted by atomic mass is 10.2. The second-order valence-corrected chi connectivity index (χ2v) is 7.25. The second kappa shape index (κ2) is 10.8. The summed E-state index contributed by atoms with van der Waals surface area (Å²) in [5.74, 6) is -1.40. The number of nitrogens with zero attached hydrogens (tertiary/aromatic N) is 1. The van der Waals surface area contributed by atoms with E-state index in [1.54, 1.807) is 6.92 Å². The molecule has 0 heterocycles. The van der Waals surface area contributed by atoms with Crippen molar-refractivity contribution in [2.75, 3.05) is 6.61 Å². The third kappa shape index (κ3) is 7.62. The maximum atomic E-state index is 12.0. The Bertz CT molecular complexity index is 873. The molecule has 0 radical (unpaired) electrons. The Morgan fingerprint density at radius 2 is 1.76 bits per heavy atom. The predicted octanol–water partition coefficient (Wildman–Crippen LogP) is 2.64. The van der Waals surface area contributed by atoms with Crippen LogP contribution < -0.4 is 10.6 Å². The summed E-state index contributed by atoms with van der Waals surface area (Å²) in [5.41, 5.74) is 0.824. The highest BCUT2D eigenvalue weighted by Crippen LogP contribution is 2.25. The first-order valence-corrected chi connectivity index (χ1v) is 9.42. The van der Waals surface area contributed by atoms with Crippen molar-refractivity contribution in [2.24, 2.45) is 0 Å². The number of nitro groups is 1. The summed E-state index contributed by atoms with van der Waals surface area (Å²) in [5, 5.41) is 14.6. The standard InChI is InChI=1S/C19H19N3O6S/c1-13(29-16-9-7-15(8-10-16)22(26)27)18(24)28-12-17(23)21-19(25)20-11-14-5-3-2-4-6-14/h2-10,13H,11-12H2,1H3,(H2,20,21,23,25). The molecule has 152 valence electrons. The van der Waals surface area contributed by atoms with Crippen LogP contribution in [-0.4, -0.2) is 34.7 Å². The minimum atomic E-state index is -0.753. The lowest BCUT2D eigenvalue weighted by Gasteiger charge is -2.11. The molecule has 0 aliphatic rings. The largest absolute Gasteiger partial charge is 0.455 e. The summed E-state index contributed by atoms with van der Waals surface area (Å²) in [6.07, 6.45) is 0. The number of hydrogen-bond acceptors (Lipinski definition) is 7. The average molecular weight is 417 g/mol. The Hall–Kier alpha value is -3.40. The van der Waals surface area contributed by atoms with E-state index in [9.17, 15) is 24.5 Å². The minimum Gasteiger partial charge on any atom is -0.455 e. The van der Waals surface area contributed by atoms with Crippen LogP contribution in [-0.2, 0) is 20.9 Å². The molecule has 0 spiro atoms. The number of hydrogen-bond donors (Lipinski definition) is 2. The van der Waals surface area contributed by atoms with E-state index in [0.29, 0.717) is 4.90 Å². The van der Waals surface area contributed by atoms with Gasteiger partial charge in [-0.25, -0.2) is 4.79 Å². The number of rotatable bonds is 8. The second-order valence-electron chi connectivity index (χ2n) is 5.84. The molecular weight excluding hydrogens is 398 g/mol. The average Bonchev–Trinajstić information content (AvgIpc) is 2.71. The normalized spacial score (nSPS) is 11.2. The monoisotopic (exact) mass is 417 g/mol. The van der Waals surface area contributed by atoms with E-state index in [1.165, 1.54) is 24.3 Å². The topological polar surface area (TPSA) is 128 Å². The highest BCUT2D eigenvalue weighted by atomic mass is 32.2. The van der Waals surface area contributed by atoms with Gasteiger partial charge in [0.1, 0.15) is 5.25 Å².